The molecular formula is C15H16N2O6. The van der Waals surface area contributed by atoms with E-state index in [0.29, 0.717) is 6.42 Å². The van der Waals surface area contributed by atoms with Gasteiger partial charge in [-0.05, 0) is 18.6 Å². The van der Waals surface area contributed by atoms with Gasteiger partial charge in [-0.2, -0.15) is 0 Å². The minimum absolute atomic E-state index is 0.0144. The van der Waals surface area contributed by atoms with E-state index in [-0.39, 0.29) is 29.6 Å². The summed E-state index contributed by atoms with van der Waals surface area (Å²) >= 11 is 0. The Morgan fingerprint density at radius 1 is 1.43 bits per heavy atom. The van der Waals surface area contributed by atoms with Crippen molar-refractivity contribution < 1.29 is 24.0 Å². The number of nitro benzene ring substituents is 1. The molecule has 0 saturated heterocycles. The molecular weight excluding hydrogens is 304 g/mol. The number of nitrogens with zero attached hydrogens (tertiary/aromatic N) is 2. The van der Waals surface area contributed by atoms with Crippen LogP contribution in [0, 0.1) is 10.1 Å². The molecule has 1 aliphatic heterocycles. The van der Waals surface area contributed by atoms with Crippen molar-refractivity contribution in [1.29, 1.82) is 0 Å². The largest absolute Gasteiger partial charge is 0.490 e. The molecule has 0 fully saturated rings. The summed E-state index contributed by atoms with van der Waals surface area (Å²) in [5.41, 5.74) is -0.458. The highest BCUT2D eigenvalue weighted by molar-refractivity contribution is 6.00. The van der Waals surface area contributed by atoms with E-state index in [2.05, 4.69) is 0 Å². The highest BCUT2D eigenvalue weighted by Gasteiger charge is 2.32. The van der Waals surface area contributed by atoms with E-state index in [0.717, 1.165) is 0 Å². The lowest BCUT2D eigenvalue weighted by Gasteiger charge is -2.23. The first-order chi connectivity index (χ1) is 11.0. The third-order valence-electron chi connectivity index (χ3n) is 3.41. The summed E-state index contributed by atoms with van der Waals surface area (Å²) in [4.78, 5) is 35.6. The second-order valence-corrected chi connectivity index (χ2v) is 4.90. The van der Waals surface area contributed by atoms with Crippen LogP contribution in [0.3, 0.4) is 0 Å². The van der Waals surface area contributed by atoms with E-state index < -0.39 is 16.8 Å². The molecule has 2 rings (SSSR count). The predicted octanol–water partition coefficient (Wildman–Crippen LogP) is 1.89. The van der Waals surface area contributed by atoms with Crippen molar-refractivity contribution in [1.82, 2.24) is 4.90 Å². The van der Waals surface area contributed by atoms with Gasteiger partial charge in [-0.1, -0.05) is 12.1 Å². The van der Waals surface area contributed by atoms with Crippen LogP contribution in [0.4, 0.5) is 5.69 Å². The van der Waals surface area contributed by atoms with E-state index in [9.17, 15) is 19.7 Å². The van der Waals surface area contributed by atoms with Crippen molar-refractivity contribution in [3.8, 4) is 5.75 Å². The number of nitro groups is 1. The highest BCUT2D eigenvalue weighted by Crippen LogP contribution is 2.32. The third-order valence-corrected chi connectivity index (χ3v) is 3.41. The molecule has 1 aromatic rings. The lowest BCUT2D eigenvalue weighted by atomic mass is 10.1. The number of carbonyl (C=O) groups is 2. The Hall–Kier alpha value is -2.90. The van der Waals surface area contributed by atoms with Gasteiger partial charge in [0.15, 0.2) is 5.75 Å². The van der Waals surface area contributed by atoms with Crippen molar-refractivity contribution in [2.45, 2.75) is 19.4 Å². The molecule has 0 radical (unpaired) electrons. The number of para-hydroxylation sites is 1. The number of amides is 1. The van der Waals surface area contributed by atoms with Crippen LogP contribution in [-0.4, -0.2) is 41.5 Å². The van der Waals surface area contributed by atoms with Crippen LogP contribution in [0.2, 0.25) is 0 Å². The SMILES string of the molecule is COc1cccc(C(=O)N2C=CC[C@H]2COC(C)=O)c1[N+](=O)[O-]. The molecule has 1 amide bonds. The van der Waals surface area contributed by atoms with Gasteiger partial charge >= 0.3 is 11.7 Å². The zero-order chi connectivity index (χ0) is 17.0. The fourth-order valence-electron chi connectivity index (χ4n) is 2.35. The number of esters is 1. The second kappa shape index (κ2) is 6.91. The Balaban J connectivity index is 2.31. The molecule has 1 aliphatic rings. The number of hydrogen-bond donors (Lipinski definition) is 0. The molecule has 0 aliphatic carbocycles. The van der Waals surface area contributed by atoms with Gasteiger partial charge < -0.3 is 14.4 Å². The summed E-state index contributed by atoms with van der Waals surface area (Å²) in [6, 6.07) is 3.93. The molecule has 0 bridgehead atoms. The molecule has 0 N–H and O–H groups in total. The van der Waals surface area contributed by atoms with E-state index in [1.807, 2.05) is 0 Å². The van der Waals surface area contributed by atoms with E-state index >= 15 is 0 Å². The number of benzene rings is 1. The van der Waals surface area contributed by atoms with Crippen molar-refractivity contribution in [2.24, 2.45) is 0 Å². The first kappa shape index (κ1) is 16.5. The Bertz CT molecular complexity index is 670. The van der Waals surface area contributed by atoms with Crippen LogP contribution >= 0.6 is 0 Å². The van der Waals surface area contributed by atoms with Crippen molar-refractivity contribution >= 4 is 17.6 Å². The van der Waals surface area contributed by atoms with Crippen LogP contribution in [-0.2, 0) is 9.53 Å². The fraction of sp³-hybridized carbons (Fsp3) is 0.333. The van der Waals surface area contributed by atoms with E-state index in [1.54, 1.807) is 12.3 Å². The van der Waals surface area contributed by atoms with Crippen LogP contribution in [0.25, 0.3) is 0 Å². The quantitative estimate of drug-likeness (QED) is 0.467. The molecule has 1 aromatic carbocycles. The molecule has 0 spiro atoms. The summed E-state index contributed by atoms with van der Waals surface area (Å²) in [6.07, 6.45) is 3.80. The maximum Gasteiger partial charge on any atom is 0.323 e. The Morgan fingerprint density at radius 2 is 2.17 bits per heavy atom. The van der Waals surface area contributed by atoms with E-state index in [4.69, 9.17) is 9.47 Å². The lowest BCUT2D eigenvalue weighted by molar-refractivity contribution is -0.386. The first-order valence-corrected chi connectivity index (χ1v) is 6.89. The number of carbonyl (C=O) groups excluding carboxylic acids is 2. The monoisotopic (exact) mass is 320 g/mol. The summed E-state index contributed by atoms with van der Waals surface area (Å²) in [5, 5.41) is 11.3. The number of hydrogen-bond acceptors (Lipinski definition) is 6. The molecule has 23 heavy (non-hydrogen) atoms. The van der Waals surface area contributed by atoms with Crippen LogP contribution in [0.1, 0.15) is 23.7 Å². The third kappa shape index (κ3) is 3.47. The zero-order valence-electron chi connectivity index (χ0n) is 12.7. The lowest BCUT2D eigenvalue weighted by Crippen LogP contribution is -2.36. The van der Waals surface area contributed by atoms with Crippen molar-refractivity contribution in [3.63, 3.8) is 0 Å². The van der Waals surface area contributed by atoms with Gasteiger partial charge in [0, 0.05) is 13.1 Å². The Morgan fingerprint density at radius 3 is 2.78 bits per heavy atom. The van der Waals surface area contributed by atoms with Gasteiger partial charge in [0.05, 0.1) is 18.1 Å². The zero-order valence-corrected chi connectivity index (χ0v) is 12.7. The number of rotatable bonds is 5. The average molecular weight is 320 g/mol. The molecule has 8 heteroatoms. The minimum Gasteiger partial charge on any atom is -0.490 e. The normalized spacial score (nSPS) is 16.3. The Kier molecular flexibility index (Phi) is 4.95. The molecule has 0 aromatic heterocycles. The van der Waals surface area contributed by atoms with Gasteiger partial charge in [-0.15, -0.1) is 0 Å². The number of ether oxygens (including phenoxy) is 2. The molecule has 0 unspecified atom stereocenters. The first-order valence-electron chi connectivity index (χ1n) is 6.89. The maximum absolute atomic E-state index is 12.7. The highest BCUT2D eigenvalue weighted by atomic mass is 16.6. The van der Waals surface area contributed by atoms with Gasteiger partial charge in [-0.3, -0.25) is 19.7 Å². The van der Waals surface area contributed by atoms with Crippen molar-refractivity contribution in [3.05, 3.63) is 46.2 Å². The molecule has 0 saturated carbocycles. The van der Waals surface area contributed by atoms with Gasteiger partial charge in [0.1, 0.15) is 12.2 Å². The Labute approximate surface area is 132 Å². The topological polar surface area (TPSA) is 99.0 Å². The summed E-state index contributed by atoms with van der Waals surface area (Å²) in [5.74, 6) is -0.973. The van der Waals surface area contributed by atoms with Crippen LogP contribution in [0.5, 0.6) is 5.75 Å². The minimum atomic E-state index is -0.646. The fourth-order valence-corrected chi connectivity index (χ4v) is 2.35. The average Bonchev–Trinajstić information content (AvgIpc) is 2.99. The molecule has 122 valence electrons. The van der Waals surface area contributed by atoms with E-state index in [1.165, 1.54) is 37.1 Å². The molecule has 8 nitrogen and oxygen atoms in total. The smallest absolute Gasteiger partial charge is 0.323 e. The predicted molar refractivity (Wildman–Crippen MR) is 80.0 cm³/mol. The van der Waals surface area contributed by atoms with Gasteiger partial charge in [-0.25, -0.2) is 0 Å². The van der Waals surface area contributed by atoms with Crippen LogP contribution < -0.4 is 4.74 Å². The number of methoxy groups -OCH3 is 1. The summed E-state index contributed by atoms with van der Waals surface area (Å²) in [6.45, 7) is 1.31. The maximum atomic E-state index is 12.7. The summed E-state index contributed by atoms with van der Waals surface area (Å²) in [7, 11) is 1.30. The van der Waals surface area contributed by atoms with Crippen LogP contribution in [0.15, 0.2) is 30.5 Å². The van der Waals surface area contributed by atoms with Gasteiger partial charge in [0.25, 0.3) is 5.91 Å². The van der Waals surface area contributed by atoms with Gasteiger partial charge in [0.2, 0.25) is 0 Å². The summed E-state index contributed by atoms with van der Waals surface area (Å²) < 4.78 is 9.90. The van der Waals surface area contributed by atoms with Crippen molar-refractivity contribution in [2.75, 3.05) is 13.7 Å². The second-order valence-electron chi connectivity index (χ2n) is 4.90. The molecule has 1 heterocycles. The molecule has 1 atom stereocenters. The standard InChI is InChI=1S/C15H16N2O6/c1-10(18)23-9-11-5-4-8-16(11)15(19)12-6-3-7-13(22-2)14(12)17(20)21/h3-4,6-8,11H,5,9H2,1-2H3/t11-/m0/s1.